The van der Waals surface area contributed by atoms with E-state index < -0.39 is 0 Å². The van der Waals surface area contributed by atoms with Crippen molar-refractivity contribution < 1.29 is 0 Å². The summed E-state index contributed by atoms with van der Waals surface area (Å²) in [7, 11) is 0. The molecule has 0 bridgehead atoms. The van der Waals surface area contributed by atoms with E-state index in [0.29, 0.717) is 18.9 Å². The second-order valence-corrected chi connectivity index (χ2v) is 5.73. The molecule has 5 heteroatoms. The van der Waals surface area contributed by atoms with Crippen LogP contribution in [-0.4, -0.2) is 29.2 Å². The van der Waals surface area contributed by atoms with Crippen LogP contribution in [-0.2, 0) is 5.54 Å². The van der Waals surface area contributed by atoms with Gasteiger partial charge in [0.2, 0.25) is 0 Å². The fourth-order valence-corrected chi connectivity index (χ4v) is 1.97. The van der Waals surface area contributed by atoms with Crippen LogP contribution in [0.25, 0.3) is 0 Å². The third-order valence-electron chi connectivity index (χ3n) is 3.03. The SMILES string of the molecule is CCCCN(CCN)c1nccn(C(C)(C)C)c1=O. The lowest BCUT2D eigenvalue weighted by molar-refractivity contribution is 0.382. The molecule has 0 radical (unpaired) electrons. The maximum Gasteiger partial charge on any atom is 0.293 e. The predicted molar refractivity (Wildman–Crippen MR) is 79.7 cm³/mol. The molecule has 1 aromatic heterocycles. The van der Waals surface area contributed by atoms with Gasteiger partial charge in [0, 0.05) is 37.6 Å². The highest BCUT2D eigenvalue weighted by Gasteiger charge is 2.19. The van der Waals surface area contributed by atoms with Gasteiger partial charge in [-0.05, 0) is 27.2 Å². The number of aromatic nitrogens is 2. The molecule has 1 aromatic rings. The molecular formula is C14H26N4O. The Balaban J connectivity index is 3.13. The normalized spacial score (nSPS) is 11.6. The summed E-state index contributed by atoms with van der Waals surface area (Å²) in [6.45, 7) is 10.2. The zero-order valence-corrected chi connectivity index (χ0v) is 12.5. The molecule has 0 unspecified atom stereocenters. The van der Waals surface area contributed by atoms with Crippen LogP contribution in [0.3, 0.4) is 0 Å². The van der Waals surface area contributed by atoms with Crippen LogP contribution in [0.5, 0.6) is 0 Å². The van der Waals surface area contributed by atoms with E-state index in [2.05, 4.69) is 11.9 Å². The van der Waals surface area contributed by atoms with E-state index in [1.54, 1.807) is 17.0 Å². The zero-order valence-electron chi connectivity index (χ0n) is 12.5. The minimum Gasteiger partial charge on any atom is -0.351 e. The molecule has 0 saturated heterocycles. The second kappa shape index (κ2) is 6.70. The number of rotatable bonds is 6. The Hall–Kier alpha value is -1.36. The summed E-state index contributed by atoms with van der Waals surface area (Å²) in [4.78, 5) is 18.8. The van der Waals surface area contributed by atoms with E-state index >= 15 is 0 Å². The van der Waals surface area contributed by atoms with Gasteiger partial charge in [0.15, 0.2) is 5.82 Å². The molecule has 0 aromatic carbocycles. The summed E-state index contributed by atoms with van der Waals surface area (Å²) >= 11 is 0. The summed E-state index contributed by atoms with van der Waals surface area (Å²) in [5.74, 6) is 0.510. The molecule has 0 fully saturated rings. The van der Waals surface area contributed by atoms with Gasteiger partial charge < -0.3 is 15.2 Å². The van der Waals surface area contributed by atoms with Crippen LogP contribution < -0.4 is 16.2 Å². The van der Waals surface area contributed by atoms with Gasteiger partial charge in [-0.3, -0.25) is 4.79 Å². The summed E-state index contributed by atoms with van der Waals surface area (Å²) < 4.78 is 1.73. The van der Waals surface area contributed by atoms with Gasteiger partial charge in [0.1, 0.15) is 0 Å². The first-order valence-corrected chi connectivity index (χ1v) is 6.95. The molecule has 0 saturated carbocycles. The molecule has 1 heterocycles. The number of nitrogens with two attached hydrogens (primary N) is 1. The maximum atomic E-state index is 12.5. The van der Waals surface area contributed by atoms with Crippen LogP contribution in [0.15, 0.2) is 17.2 Å². The number of hydrogen-bond donors (Lipinski definition) is 1. The summed E-state index contributed by atoms with van der Waals surface area (Å²) in [6, 6.07) is 0. The molecular weight excluding hydrogens is 240 g/mol. The zero-order chi connectivity index (χ0) is 14.5. The second-order valence-electron chi connectivity index (χ2n) is 5.73. The van der Waals surface area contributed by atoms with Gasteiger partial charge in [-0.15, -0.1) is 0 Å². The van der Waals surface area contributed by atoms with Crippen molar-refractivity contribution in [3.05, 3.63) is 22.7 Å². The lowest BCUT2D eigenvalue weighted by Gasteiger charge is -2.26. The fourth-order valence-electron chi connectivity index (χ4n) is 1.97. The van der Waals surface area contributed by atoms with Gasteiger partial charge >= 0.3 is 0 Å². The first-order chi connectivity index (χ1) is 8.91. The Labute approximate surface area is 115 Å². The number of nitrogens with zero attached hydrogens (tertiary/aromatic N) is 3. The fraction of sp³-hybridized carbons (Fsp3) is 0.714. The van der Waals surface area contributed by atoms with Gasteiger partial charge in [-0.2, -0.15) is 0 Å². The number of unbranched alkanes of at least 4 members (excludes halogenated alkanes) is 1. The first kappa shape index (κ1) is 15.7. The Morgan fingerprint density at radius 2 is 2.05 bits per heavy atom. The van der Waals surface area contributed by atoms with Crippen LogP contribution in [0, 0.1) is 0 Å². The third-order valence-corrected chi connectivity index (χ3v) is 3.03. The van der Waals surface area contributed by atoms with Crippen LogP contribution in [0.2, 0.25) is 0 Å². The molecule has 2 N–H and O–H groups in total. The van der Waals surface area contributed by atoms with E-state index in [4.69, 9.17) is 5.73 Å². The largest absolute Gasteiger partial charge is 0.351 e. The van der Waals surface area contributed by atoms with Gasteiger partial charge in [0.05, 0.1) is 0 Å². The van der Waals surface area contributed by atoms with E-state index in [1.165, 1.54) is 0 Å². The lowest BCUT2D eigenvalue weighted by atomic mass is 10.1. The van der Waals surface area contributed by atoms with Crippen LogP contribution >= 0.6 is 0 Å². The molecule has 5 nitrogen and oxygen atoms in total. The van der Waals surface area contributed by atoms with Crippen molar-refractivity contribution in [2.45, 2.75) is 46.1 Å². The van der Waals surface area contributed by atoms with Gasteiger partial charge in [-0.25, -0.2) is 4.98 Å². The van der Waals surface area contributed by atoms with Crippen molar-refractivity contribution >= 4 is 5.82 Å². The smallest absolute Gasteiger partial charge is 0.293 e. The van der Waals surface area contributed by atoms with Crippen LogP contribution in [0.4, 0.5) is 5.82 Å². The van der Waals surface area contributed by atoms with Gasteiger partial charge in [0.25, 0.3) is 5.56 Å². The quantitative estimate of drug-likeness (QED) is 0.848. The first-order valence-electron chi connectivity index (χ1n) is 6.95. The lowest BCUT2D eigenvalue weighted by Crippen LogP contribution is -2.40. The van der Waals surface area contributed by atoms with E-state index in [1.807, 2.05) is 25.7 Å². The Kier molecular flexibility index (Phi) is 5.54. The Bertz CT molecular complexity index is 447. The number of anilines is 1. The predicted octanol–water partition coefficient (Wildman–Crippen LogP) is 1.56. The van der Waals surface area contributed by atoms with Crippen molar-refractivity contribution in [1.29, 1.82) is 0 Å². The van der Waals surface area contributed by atoms with Crippen molar-refractivity contribution in [3.8, 4) is 0 Å². The highest BCUT2D eigenvalue weighted by atomic mass is 16.1. The van der Waals surface area contributed by atoms with E-state index in [-0.39, 0.29) is 11.1 Å². The minimum atomic E-state index is -0.242. The standard InChI is InChI=1S/C14H26N4O/c1-5-6-9-17(10-7-15)12-13(19)18(11-8-16-12)14(2,3)4/h8,11H,5-7,9-10,15H2,1-4H3. The van der Waals surface area contributed by atoms with Gasteiger partial charge in [-0.1, -0.05) is 13.3 Å². The minimum absolute atomic E-state index is 0.0421. The summed E-state index contributed by atoms with van der Waals surface area (Å²) in [6.07, 6.45) is 5.55. The Morgan fingerprint density at radius 1 is 1.37 bits per heavy atom. The van der Waals surface area contributed by atoms with E-state index in [0.717, 1.165) is 19.4 Å². The highest BCUT2D eigenvalue weighted by molar-refractivity contribution is 5.35. The highest BCUT2D eigenvalue weighted by Crippen LogP contribution is 2.12. The van der Waals surface area contributed by atoms with Crippen LogP contribution in [0.1, 0.15) is 40.5 Å². The van der Waals surface area contributed by atoms with Crippen molar-refractivity contribution in [2.75, 3.05) is 24.5 Å². The topological polar surface area (TPSA) is 64.2 Å². The van der Waals surface area contributed by atoms with Crippen molar-refractivity contribution in [1.82, 2.24) is 9.55 Å². The van der Waals surface area contributed by atoms with Crippen molar-refractivity contribution in [2.24, 2.45) is 5.73 Å². The molecule has 19 heavy (non-hydrogen) atoms. The molecule has 0 aliphatic heterocycles. The third kappa shape index (κ3) is 4.06. The molecule has 0 spiro atoms. The molecule has 0 aliphatic carbocycles. The maximum absolute atomic E-state index is 12.5. The average Bonchev–Trinajstić information content (AvgIpc) is 2.33. The van der Waals surface area contributed by atoms with Crippen molar-refractivity contribution in [3.63, 3.8) is 0 Å². The monoisotopic (exact) mass is 266 g/mol. The molecule has 108 valence electrons. The molecule has 0 atom stereocenters. The average molecular weight is 266 g/mol. The summed E-state index contributed by atoms with van der Waals surface area (Å²) in [5.41, 5.74) is 5.35. The summed E-state index contributed by atoms with van der Waals surface area (Å²) in [5, 5.41) is 0. The molecule has 0 amide bonds. The molecule has 0 aliphatic rings. The number of hydrogen-bond acceptors (Lipinski definition) is 4. The molecule has 1 rings (SSSR count). The van der Waals surface area contributed by atoms with E-state index in [9.17, 15) is 4.79 Å². The Morgan fingerprint density at radius 3 is 2.58 bits per heavy atom.